The molecule has 180 valence electrons. The lowest BCUT2D eigenvalue weighted by atomic mass is 9.99. The number of halogens is 1. The summed E-state index contributed by atoms with van der Waals surface area (Å²) in [5.41, 5.74) is 1.58. The Balaban J connectivity index is 2.14. The molecule has 0 aliphatic rings. The number of carbonyl (C=O) groups is 1. The molecule has 2 aromatic carbocycles. The summed E-state index contributed by atoms with van der Waals surface area (Å²) < 4.78 is 45.6. The third-order valence-corrected chi connectivity index (χ3v) is 6.73. The number of alkyl halides is 1. The van der Waals surface area contributed by atoms with Crippen molar-refractivity contribution in [3.05, 3.63) is 69.8 Å². The van der Waals surface area contributed by atoms with Gasteiger partial charge in [-0.05, 0) is 48.9 Å². The second-order valence-corrected chi connectivity index (χ2v) is 9.35. The van der Waals surface area contributed by atoms with E-state index in [0.29, 0.717) is 44.9 Å². The molecule has 2 aromatic rings. The fraction of sp³-hybridized carbons (Fsp3) is 0.435. The molecule has 2 rings (SSSR count). The normalized spacial score (nSPS) is 12.3. The Morgan fingerprint density at radius 1 is 1.06 bits per heavy atom. The zero-order valence-corrected chi connectivity index (χ0v) is 19.4. The first-order valence-corrected chi connectivity index (χ1v) is 12.2. The molecule has 0 saturated heterocycles. The minimum Gasteiger partial charge on any atom is -0.469 e. The monoisotopic (exact) mass is 480 g/mol. The van der Waals surface area contributed by atoms with E-state index in [4.69, 9.17) is 0 Å². The number of nitrogens with one attached hydrogen (secondary N) is 1. The van der Waals surface area contributed by atoms with Crippen molar-refractivity contribution in [3.8, 4) is 0 Å². The summed E-state index contributed by atoms with van der Waals surface area (Å²) in [7, 11) is -2.58. The standard InChI is InChI=1S/C23H29FN2O6S/c1-32-23(27)8-5-6-18-9-11-19(12-10-18)22(7-3-2-4-17-24)25-33(30,31)21-15-13-20(14-16-21)26(28)29/h9-16,22,25H,2-8,17H2,1H3. The van der Waals surface area contributed by atoms with Crippen molar-refractivity contribution in [2.45, 2.75) is 55.9 Å². The molecule has 0 aliphatic heterocycles. The van der Waals surface area contributed by atoms with Crippen LogP contribution in [0.4, 0.5) is 10.1 Å². The summed E-state index contributed by atoms with van der Waals surface area (Å²) in [6.45, 7) is -0.417. The van der Waals surface area contributed by atoms with E-state index in [1.807, 2.05) is 24.3 Å². The number of benzene rings is 2. The number of nitro groups is 1. The van der Waals surface area contributed by atoms with Gasteiger partial charge in [0.1, 0.15) is 0 Å². The van der Waals surface area contributed by atoms with Crippen molar-refractivity contribution in [3.63, 3.8) is 0 Å². The van der Waals surface area contributed by atoms with Crippen LogP contribution in [-0.4, -0.2) is 33.1 Å². The maximum atomic E-state index is 12.9. The molecule has 33 heavy (non-hydrogen) atoms. The molecule has 0 amide bonds. The Bertz CT molecular complexity index is 1010. The van der Waals surface area contributed by atoms with Gasteiger partial charge in [-0.15, -0.1) is 0 Å². The van der Waals surface area contributed by atoms with E-state index >= 15 is 0 Å². The molecule has 0 aliphatic carbocycles. The molecule has 0 spiro atoms. The Kier molecular flexibility index (Phi) is 10.4. The molecule has 0 saturated carbocycles. The highest BCUT2D eigenvalue weighted by molar-refractivity contribution is 7.89. The van der Waals surface area contributed by atoms with Crippen molar-refractivity contribution in [1.82, 2.24) is 4.72 Å². The molecule has 10 heteroatoms. The smallest absolute Gasteiger partial charge is 0.305 e. The number of methoxy groups -OCH3 is 1. The lowest BCUT2D eigenvalue weighted by Crippen LogP contribution is -2.28. The lowest BCUT2D eigenvalue weighted by Gasteiger charge is -2.20. The van der Waals surface area contributed by atoms with Crippen molar-refractivity contribution < 1.29 is 27.3 Å². The van der Waals surface area contributed by atoms with E-state index in [1.165, 1.54) is 19.2 Å². The average Bonchev–Trinajstić information content (AvgIpc) is 2.81. The number of nitrogens with zero attached hydrogens (tertiary/aromatic N) is 1. The molecule has 0 fully saturated rings. The predicted molar refractivity (Wildman–Crippen MR) is 122 cm³/mol. The third-order valence-electron chi connectivity index (χ3n) is 5.24. The van der Waals surface area contributed by atoms with Crippen LogP contribution in [0.1, 0.15) is 55.7 Å². The fourth-order valence-corrected chi connectivity index (χ4v) is 4.63. The number of aryl methyl sites for hydroxylation is 1. The molecule has 0 aromatic heterocycles. The first-order valence-electron chi connectivity index (χ1n) is 10.7. The van der Waals surface area contributed by atoms with E-state index in [2.05, 4.69) is 9.46 Å². The number of rotatable bonds is 14. The van der Waals surface area contributed by atoms with Gasteiger partial charge in [0.25, 0.3) is 5.69 Å². The van der Waals surface area contributed by atoms with E-state index in [-0.39, 0.29) is 16.6 Å². The molecule has 8 nitrogen and oxygen atoms in total. The minimum absolute atomic E-state index is 0.0683. The first-order chi connectivity index (χ1) is 15.8. The number of unbranched alkanes of at least 4 members (excludes halogenated alkanes) is 2. The van der Waals surface area contributed by atoms with Gasteiger partial charge in [0.2, 0.25) is 10.0 Å². The minimum atomic E-state index is -3.93. The van der Waals surface area contributed by atoms with Crippen LogP contribution >= 0.6 is 0 Å². The summed E-state index contributed by atoms with van der Waals surface area (Å²) in [6.07, 6.45) is 3.83. The lowest BCUT2D eigenvalue weighted by molar-refractivity contribution is -0.384. The summed E-state index contributed by atoms with van der Waals surface area (Å²) in [6, 6.07) is 11.6. The second kappa shape index (κ2) is 13.0. The Morgan fingerprint density at radius 2 is 1.73 bits per heavy atom. The average molecular weight is 481 g/mol. The van der Waals surface area contributed by atoms with Gasteiger partial charge in [-0.25, -0.2) is 13.1 Å². The van der Waals surface area contributed by atoms with Crippen molar-refractivity contribution in [2.75, 3.05) is 13.8 Å². The van der Waals surface area contributed by atoms with Crippen LogP contribution in [0.5, 0.6) is 0 Å². The number of esters is 1. The third kappa shape index (κ3) is 8.54. The van der Waals surface area contributed by atoms with Gasteiger partial charge >= 0.3 is 5.97 Å². The predicted octanol–water partition coefficient (Wildman–Crippen LogP) is 4.64. The second-order valence-electron chi connectivity index (χ2n) is 7.63. The van der Waals surface area contributed by atoms with Crippen LogP contribution in [-0.2, 0) is 26.0 Å². The van der Waals surface area contributed by atoms with Crippen LogP contribution in [0.15, 0.2) is 53.4 Å². The largest absolute Gasteiger partial charge is 0.469 e. The number of carbonyl (C=O) groups excluding carboxylic acids is 1. The van der Waals surface area contributed by atoms with E-state index in [9.17, 15) is 27.7 Å². The van der Waals surface area contributed by atoms with E-state index < -0.39 is 27.7 Å². The van der Waals surface area contributed by atoms with Crippen LogP contribution in [0.3, 0.4) is 0 Å². The van der Waals surface area contributed by atoms with Crippen LogP contribution in [0, 0.1) is 10.1 Å². The van der Waals surface area contributed by atoms with Crippen molar-refractivity contribution in [2.24, 2.45) is 0 Å². The van der Waals surface area contributed by atoms with E-state index in [0.717, 1.165) is 23.3 Å². The quantitative estimate of drug-likeness (QED) is 0.182. The van der Waals surface area contributed by atoms with Gasteiger partial charge in [-0.1, -0.05) is 37.1 Å². The molecule has 0 bridgehead atoms. The molecule has 1 N–H and O–H groups in total. The molecule has 1 unspecified atom stereocenters. The molecule has 1 atom stereocenters. The van der Waals surface area contributed by atoms with Crippen LogP contribution in [0.2, 0.25) is 0 Å². The number of hydrogen-bond donors (Lipinski definition) is 1. The van der Waals surface area contributed by atoms with Crippen molar-refractivity contribution >= 4 is 21.7 Å². The number of non-ortho nitro benzene ring substituents is 1. The highest BCUT2D eigenvalue weighted by Gasteiger charge is 2.22. The van der Waals surface area contributed by atoms with Gasteiger partial charge in [0, 0.05) is 24.6 Å². The van der Waals surface area contributed by atoms with Gasteiger partial charge in [0.05, 0.1) is 23.6 Å². The molecular formula is C23H29FN2O6S. The van der Waals surface area contributed by atoms with Crippen LogP contribution < -0.4 is 4.72 Å². The Hall–Kier alpha value is -2.85. The van der Waals surface area contributed by atoms with Crippen LogP contribution in [0.25, 0.3) is 0 Å². The summed E-state index contributed by atoms with van der Waals surface area (Å²) in [5.74, 6) is -0.263. The highest BCUT2D eigenvalue weighted by Crippen LogP contribution is 2.25. The maximum Gasteiger partial charge on any atom is 0.305 e. The number of nitro benzene ring substituents is 1. The topological polar surface area (TPSA) is 116 Å². The molecular weight excluding hydrogens is 451 g/mol. The number of sulfonamides is 1. The zero-order valence-electron chi connectivity index (χ0n) is 18.5. The SMILES string of the molecule is COC(=O)CCCc1ccc(C(CCCCCF)NS(=O)(=O)c2ccc([N+](=O)[O-])cc2)cc1. The fourth-order valence-electron chi connectivity index (χ4n) is 3.37. The summed E-state index contributed by atoms with van der Waals surface area (Å²) in [5, 5.41) is 10.8. The van der Waals surface area contributed by atoms with Crippen molar-refractivity contribution in [1.29, 1.82) is 0 Å². The van der Waals surface area contributed by atoms with E-state index in [1.54, 1.807) is 0 Å². The summed E-state index contributed by atoms with van der Waals surface area (Å²) in [4.78, 5) is 21.4. The van der Waals surface area contributed by atoms with Gasteiger partial charge in [-0.3, -0.25) is 19.3 Å². The summed E-state index contributed by atoms with van der Waals surface area (Å²) >= 11 is 0. The highest BCUT2D eigenvalue weighted by atomic mass is 32.2. The Labute approximate surface area is 193 Å². The number of hydrogen-bond acceptors (Lipinski definition) is 6. The Morgan fingerprint density at radius 3 is 2.30 bits per heavy atom. The molecule has 0 radical (unpaired) electrons. The van der Waals surface area contributed by atoms with Gasteiger partial charge in [-0.2, -0.15) is 0 Å². The first kappa shape index (κ1) is 26.4. The zero-order chi connectivity index (χ0) is 24.3. The number of ether oxygens (including phenoxy) is 1. The maximum absolute atomic E-state index is 12.9. The van der Waals surface area contributed by atoms with Gasteiger partial charge in [0.15, 0.2) is 0 Å². The van der Waals surface area contributed by atoms with Gasteiger partial charge < -0.3 is 4.74 Å². The molecule has 0 heterocycles.